The first-order valence-electron chi connectivity index (χ1n) is 9.61. The number of nitrogens with zero attached hydrogens (tertiary/aromatic N) is 1. The fourth-order valence-corrected chi connectivity index (χ4v) is 6.46. The maximum atomic E-state index is 13.4. The van der Waals surface area contributed by atoms with Crippen molar-refractivity contribution in [1.82, 2.24) is 3.97 Å². The Labute approximate surface area is 200 Å². The summed E-state index contributed by atoms with van der Waals surface area (Å²) in [7, 11) is -3.85. The van der Waals surface area contributed by atoms with Gasteiger partial charge in [-0.05, 0) is 53.2 Å². The van der Waals surface area contributed by atoms with Crippen LogP contribution in [0.5, 0.6) is 0 Å². The van der Waals surface area contributed by atoms with Gasteiger partial charge in [0.15, 0.2) is 5.43 Å². The lowest BCUT2D eigenvalue weighted by molar-refractivity contribution is 0.589. The van der Waals surface area contributed by atoms with Crippen LogP contribution in [-0.2, 0) is 10.0 Å². The summed E-state index contributed by atoms with van der Waals surface area (Å²) in [5, 5.41) is 1.09. The van der Waals surface area contributed by atoms with Crippen LogP contribution < -0.4 is 5.43 Å². The van der Waals surface area contributed by atoms with Crippen LogP contribution in [0.4, 0.5) is 0 Å². The molecule has 0 aliphatic carbocycles. The van der Waals surface area contributed by atoms with Gasteiger partial charge in [-0.3, -0.25) is 4.79 Å². The van der Waals surface area contributed by atoms with Crippen LogP contribution >= 0.6 is 31.9 Å². The Balaban J connectivity index is 1.79. The molecule has 2 aromatic heterocycles. The summed E-state index contributed by atoms with van der Waals surface area (Å²) in [5.41, 5.74) is 2.16. The van der Waals surface area contributed by atoms with E-state index in [1.165, 1.54) is 16.2 Å². The molecule has 0 amide bonds. The normalized spacial score (nSPS) is 12.0. The quantitative estimate of drug-likeness (QED) is 0.248. The van der Waals surface area contributed by atoms with Gasteiger partial charge in [0, 0.05) is 32.2 Å². The number of aromatic nitrogens is 1. The van der Waals surface area contributed by atoms with Crippen LogP contribution in [0.1, 0.15) is 5.56 Å². The van der Waals surface area contributed by atoms with Crippen molar-refractivity contribution in [3.8, 4) is 11.3 Å². The molecule has 0 aliphatic heterocycles. The molecule has 32 heavy (non-hydrogen) atoms. The molecule has 0 radical (unpaired) electrons. The zero-order valence-electron chi connectivity index (χ0n) is 16.7. The van der Waals surface area contributed by atoms with E-state index in [0.29, 0.717) is 37.7 Å². The Morgan fingerprint density at radius 2 is 1.66 bits per heavy atom. The number of rotatable bonds is 3. The lowest BCUT2D eigenvalue weighted by Gasteiger charge is -2.07. The first kappa shape index (κ1) is 21.2. The van der Waals surface area contributed by atoms with E-state index in [2.05, 4.69) is 31.9 Å². The van der Waals surface area contributed by atoms with Gasteiger partial charge < -0.3 is 4.42 Å². The molecule has 0 unspecified atom stereocenters. The highest BCUT2D eigenvalue weighted by Gasteiger charge is 2.23. The van der Waals surface area contributed by atoms with Gasteiger partial charge in [-0.1, -0.05) is 51.8 Å². The number of fused-ring (bicyclic) bond motifs is 2. The molecule has 0 saturated carbocycles. The Morgan fingerprint density at radius 1 is 0.938 bits per heavy atom. The second-order valence-electron chi connectivity index (χ2n) is 7.41. The minimum atomic E-state index is -3.85. The second kappa shape index (κ2) is 7.72. The summed E-state index contributed by atoms with van der Waals surface area (Å²) in [5.74, 6) is 0.293. The van der Waals surface area contributed by atoms with Crippen molar-refractivity contribution in [3.05, 3.63) is 97.7 Å². The second-order valence-corrected chi connectivity index (χ2v) is 11.0. The van der Waals surface area contributed by atoms with Gasteiger partial charge in [0.2, 0.25) is 0 Å². The van der Waals surface area contributed by atoms with Gasteiger partial charge in [0.1, 0.15) is 11.3 Å². The van der Waals surface area contributed by atoms with Crippen LogP contribution in [0.25, 0.3) is 33.2 Å². The molecule has 2 heterocycles. The first-order chi connectivity index (χ1) is 15.3. The molecule has 160 valence electrons. The van der Waals surface area contributed by atoms with E-state index in [9.17, 15) is 13.2 Å². The summed E-state index contributed by atoms with van der Waals surface area (Å²) >= 11 is 6.82. The number of para-hydroxylation sites is 1. The van der Waals surface area contributed by atoms with Crippen molar-refractivity contribution in [2.45, 2.75) is 11.8 Å². The smallest absolute Gasteiger partial charge is 0.268 e. The predicted octanol–water partition coefficient (Wildman–Crippen LogP) is 6.49. The fourth-order valence-electron chi connectivity index (χ4n) is 3.71. The van der Waals surface area contributed by atoms with Gasteiger partial charge in [-0.25, -0.2) is 12.4 Å². The molecular weight excluding hydrogens is 558 g/mol. The molecule has 0 saturated heterocycles. The molecule has 0 atom stereocenters. The van der Waals surface area contributed by atoms with Crippen LogP contribution in [0.3, 0.4) is 0 Å². The molecule has 8 heteroatoms. The van der Waals surface area contributed by atoms with Crippen LogP contribution in [-0.4, -0.2) is 12.4 Å². The number of benzene rings is 3. The highest BCUT2D eigenvalue weighted by atomic mass is 79.9. The highest BCUT2D eigenvalue weighted by Crippen LogP contribution is 2.35. The molecule has 5 aromatic rings. The van der Waals surface area contributed by atoms with Crippen molar-refractivity contribution < 1.29 is 12.8 Å². The van der Waals surface area contributed by atoms with Crippen molar-refractivity contribution in [3.63, 3.8) is 0 Å². The van der Waals surface area contributed by atoms with Crippen LogP contribution in [0.2, 0.25) is 0 Å². The minimum absolute atomic E-state index is 0.184. The monoisotopic (exact) mass is 571 g/mol. The third-order valence-electron chi connectivity index (χ3n) is 5.27. The summed E-state index contributed by atoms with van der Waals surface area (Å²) in [6.07, 6.45) is 1.51. The largest absolute Gasteiger partial charge is 0.456 e. The number of aryl methyl sites for hydroxylation is 1. The third kappa shape index (κ3) is 3.43. The third-order valence-corrected chi connectivity index (χ3v) is 8.04. The SMILES string of the molecule is Cc1ccc(S(=O)(=O)n2cc(-c3cc(=O)c4c(Br)cc(Br)cc4o3)c3ccccc32)cc1. The lowest BCUT2D eigenvalue weighted by Crippen LogP contribution is -2.11. The summed E-state index contributed by atoms with van der Waals surface area (Å²) in [6, 6.07) is 18.7. The van der Waals surface area contributed by atoms with Crippen molar-refractivity contribution in [2.75, 3.05) is 0 Å². The number of hydrogen-bond acceptors (Lipinski definition) is 4. The Bertz CT molecular complexity index is 1680. The molecule has 0 spiro atoms. The van der Waals surface area contributed by atoms with Crippen molar-refractivity contribution >= 4 is 63.8 Å². The standard InChI is InChI=1S/C24H15Br2NO4S/c1-14-6-8-16(9-7-14)32(29,30)27-13-18(17-4-2-3-5-20(17)27)22-12-21(28)24-19(26)10-15(25)11-23(24)31-22/h2-13H,1H3. The van der Waals surface area contributed by atoms with Gasteiger partial charge in [-0.15, -0.1) is 0 Å². The van der Waals surface area contributed by atoms with Crippen molar-refractivity contribution in [2.24, 2.45) is 0 Å². The van der Waals surface area contributed by atoms with E-state index < -0.39 is 10.0 Å². The average Bonchev–Trinajstić information content (AvgIpc) is 3.14. The molecule has 0 aliphatic rings. The minimum Gasteiger partial charge on any atom is -0.456 e. The average molecular weight is 573 g/mol. The fraction of sp³-hybridized carbons (Fsp3) is 0.0417. The van der Waals surface area contributed by atoms with E-state index in [0.717, 1.165) is 10.0 Å². The van der Waals surface area contributed by atoms with E-state index in [-0.39, 0.29) is 10.3 Å². The predicted molar refractivity (Wildman–Crippen MR) is 133 cm³/mol. The lowest BCUT2D eigenvalue weighted by atomic mass is 10.1. The van der Waals surface area contributed by atoms with Gasteiger partial charge >= 0.3 is 0 Å². The Kier molecular flexibility index (Phi) is 5.11. The molecule has 5 rings (SSSR count). The van der Waals surface area contributed by atoms with Crippen molar-refractivity contribution in [1.29, 1.82) is 0 Å². The van der Waals surface area contributed by atoms with E-state index >= 15 is 0 Å². The molecule has 0 bridgehead atoms. The van der Waals surface area contributed by atoms with Gasteiger partial charge in [-0.2, -0.15) is 0 Å². The maximum absolute atomic E-state index is 13.4. The Hall–Kier alpha value is -2.68. The Morgan fingerprint density at radius 3 is 2.41 bits per heavy atom. The highest BCUT2D eigenvalue weighted by molar-refractivity contribution is 9.11. The summed E-state index contributed by atoms with van der Waals surface area (Å²) in [4.78, 5) is 13.1. The number of halogens is 2. The summed E-state index contributed by atoms with van der Waals surface area (Å²) in [6.45, 7) is 1.90. The zero-order valence-corrected chi connectivity index (χ0v) is 20.7. The molecule has 5 nitrogen and oxygen atoms in total. The molecular formula is C24H15Br2NO4S. The van der Waals surface area contributed by atoms with E-state index in [1.807, 2.05) is 19.1 Å². The maximum Gasteiger partial charge on any atom is 0.268 e. The molecule has 3 aromatic carbocycles. The van der Waals surface area contributed by atoms with Gasteiger partial charge in [0.05, 0.1) is 15.8 Å². The van der Waals surface area contributed by atoms with E-state index in [4.69, 9.17) is 4.42 Å². The van der Waals surface area contributed by atoms with Crippen LogP contribution in [0.15, 0.2) is 96.0 Å². The van der Waals surface area contributed by atoms with E-state index in [1.54, 1.807) is 48.5 Å². The topological polar surface area (TPSA) is 69.3 Å². The molecule has 0 fully saturated rings. The zero-order chi connectivity index (χ0) is 22.6. The number of hydrogen-bond donors (Lipinski definition) is 0. The summed E-state index contributed by atoms with van der Waals surface area (Å²) < 4.78 is 35.5. The van der Waals surface area contributed by atoms with Crippen LogP contribution in [0, 0.1) is 6.92 Å². The first-order valence-corrected chi connectivity index (χ1v) is 12.6. The van der Waals surface area contributed by atoms with Gasteiger partial charge in [0.25, 0.3) is 10.0 Å². The molecule has 0 N–H and O–H groups in total.